The monoisotopic (exact) mass is 284 g/mol. The molecule has 0 saturated carbocycles. The minimum Gasteiger partial charge on any atom is -0.338 e. The number of carbonyl (C=O) groups excluding carboxylic acids is 1. The number of halogens is 2. The smallest absolute Gasteiger partial charge is 0.315 e. The molecule has 2 amide bonds. The minimum atomic E-state index is -0.909. The Labute approximate surface area is 118 Å². The van der Waals surface area contributed by atoms with E-state index in [2.05, 4.69) is 24.5 Å². The van der Waals surface area contributed by atoms with Crippen molar-refractivity contribution < 1.29 is 13.6 Å². The van der Waals surface area contributed by atoms with Crippen molar-refractivity contribution in [2.75, 3.05) is 6.54 Å². The molecule has 1 atom stereocenters. The van der Waals surface area contributed by atoms with Crippen LogP contribution in [0.4, 0.5) is 13.6 Å². The standard InChI is InChI=1S/C15H22F2N2O/c1-10(2)5-4-8-18-15(20)19-11(3)12-6-7-13(16)14(17)9-12/h6-7,9-11H,4-5,8H2,1-3H3,(H2,18,19,20)/t11-/m0/s1. The molecule has 3 nitrogen and oxygen atoms in total. The molecule has 1 rings (SSSR count). The molecule has 0 aliphatic heterocycles. The number of hydrogen-bond donors (Lipinski definition) is 2. The highest BCUT2D eigenvalue weighted by Gasteiger charge is 2.11. The van der Waals surface area contributed by atoms with Crippen LogP contribution in [0.1, 0.15) is 45.2 Å². The minimum absolute atomic E-state index is 0.300. The molecule has 0 aliphatic carbocycles. The first kappa shape index (κ1) is 16.4. The number of amides is 2. The van der Waals surface area contributed by atoms with E-state index in [1.54, 1.807) is 6.92 Å². The average molecular weight is 284 g/mol. The first-order valence-corrected chi connectivity index (χ1v) is 6.89. The molecule has 0 fully saturated rings. The predicted octanol–water partition coefficient (Wildman–Crippen LogP) is 3.76. The Kier molecular flexibility index (Phi) is 6.42. The van der Waals surface area contributed by atoms with E-state index in [0.717, 1.165) is 25.0 Å². The highest BCUT2D eigenvalue weighted by Crippen LogP contribution is 2.15. The summed E-state index contributed by atoms with van der Waals surface area (Å²) < 4.78 is 25.9. The molecule has 0 aliphatic rings. The largest absolute Gasteiger partial charge is 0.338 e. The van der Waals surface area contributed by atoms with Crippen LogP contribution in [0.5, 0.6) is 0 Å². The summed E-state index contributed by atoms with van der Waals surface area (Å²) in [6, 6.07) is 2.94. The lowest BCUT2D eigenvalue weighted by Gasteiger charge is -2.15. The van der Waals surface area contributed by atoms with Crippen LogP contribution in [0, 0.1) is 17.6 Å². The van der Waals surface area contributed by atoms with Crippen LogP contribution >= 0.6 is 0 Å². The van der Waals surface area contributed by atoms with Gasteiger partial charge in [-0.3, -0.25) is 0 Å². The van der Waals surface area contributed by atoms with Crippen LogP contribution in [-0.2, 0) is 0 Å². The second-order valence-corrected chi connectivity index (χ2v) is 5.33. The molecule has 5 heteroatoms. The van der Waals surface area contributed by atoms with E-state index in [1.165, 1.54) is 6.07 Å². The van der Waals surface area contributed by atoms with Gasteiger partial charge in [0, 0.05) is 6.54 Å². The van der Waals surface area contributed by atoms with E-state index in [-0.39, 0.29) is 12.1 Å². The summed E-state index contributed by atoms with van der Waals surface area (Å²) in [6.07, 6.45) is 1.98. The summed E-state index contributed by atoms with van der Waals surface area (Å²) in [7, 11) is 0. The van der Waals surface area contributed by atoms with Gasteiger partial charge >= 0.3 is 6.03 Å². The SMILES string of the molecule is CC(C)CCCNC(=O)N[C@@H](C)c1ccc(F)c(F)c1. The number of urea groups is 1. The van der Waals surface area contributed by atoms with E-state index >= 15 is 0 Å². The highest BCUT2D eigenvalue weighted by atomic mass is 19.2. The third-order valence-electron chi connectivity index (χ3n) is 3.04. The van der Waals surface area contributed by atoms with Gasteiger partial charge in [0.25, 0.3) is 0 Å². The summed E-state index contributed by atoms with van der Waals surface area (Å²) in [4.78, 5) is 11.6. The lowest BCUT2D eigenvalue weighted by Crippen LogP contribution is -2.37. The first-order valence-electron chi connectivity index (χ1n) is 6.89. The Bertz CT molecular complexity index is 449. The number of rotatable bonds is 6. The van der Waals surface area contributed by atoms with Crippen LogP contribution in [0.15, 0.2) is 18.2 Å². The lowest BCUT2D eigenvalue weighted by molar-refractivity contribution is 0.237. The summed E-state index contributed by atoms with van der Waals surface area (Å²) in [5, 5.41) is 5.44. The highest BCUT2D eigenvalue weighted by molar-refractivity contribution is 5.74. The summed E-state index contributed by atoms with van der Waals surface area (Å²) in [5.41, 5.74) is 0.529. The fourth-order valence-corrected chi connectivity index (χ4v) is 1.82. The maximum absolute atomic E-state index is 13.1. The van der Waals surface area contributed by atoms with Gasteiger partial charge in [-0.2, -0.15) is 0 Å². The number of carbonyl (C=O) groups is 1. The summed E-state index contributed by atoms with van der Waals surface area (Å²) >= 11 is 0. The van der Waals surface area contributed by atoms with Crippen LogP contribution in [0.3, 0.4) is 0 Å². The molecule has 112 valence electrons. The van der Waals surface area contributed by atoms with Crippen LogP contribution in [0.2, 0.25) is 0 Å². The van der Waals surface area contributed by atoms with E-state index in [4.69, 9.17) is 0 Å². The molecular weight excluding hydrogens is 262 g/mol. The second-order valence-electron chi connectivity index (χ2n) is 5.33. The van der Waals surface area contributed by atoms with Gasteiger partial charge < -0.3 is 10.6 Å². The first-order chi connectivity index (χ1) is 9.40. The summed E-state index contributed by atoms with van der Waals surface area (Å²) in [6.45, 7) is 6.59. The maximum Gasteiger partial charge on any atom is 0.315 e. The number of benzene rings is 1. The topological polar surface area (TPSA) is 41.1 Å². The van der Waals surface area contributed by atoms with Crippen molar-refractivity contribution in [1.29, 1.82) is 0 Å². The molecule has 2 N–H and O–H groups in total. The van der Waals surface area contributed by atoms with E-state index < -0.39 is 11.6 Å². The molecule has 0 aromatic heterocycles. The maximum atomic E-state index is 13.1. The average Bonchev–Trinajstić information content (AvgIpc) is 2.37. The van der Waals surface area contributed by atoms with Gasteiger partial charge in [-0.1, -0.05) is 19.9 Å². The molecule has 0 heterocycles. The predicted molar refractivity (Wildman–Crippen MR) is 75.4 cm³/mol. The van der Waals surface area contributed by atoms with Gasteiger partial charge in [-0.15, -0.1) is 0 Å². The third kappa shape index (κ3) is 5.55. The van der Waals surface area contributed by atoms with Gasteiger partial charge in [0.1, 0.15) is 0 Å². The normalized spacial score (nSPS) is 12.3. The van der Waals surface area contributed by atoms with Crippen molar-refractivity contribution in [3.63, 3.8) is 0 Å². The molecule has 0 unspecified atom stereocenters. The van der Waals surface area contributed by atoms with Crippen molar-refractivity contribution in [2.45, 2.75) is 39.7 Å². The van der Waals surface area contributed by atoms with Gasteiger partial charge in [0.15, 0.2) is 11.6 Å². The van der Waals surface area contributed by atoms with E-state index in [9.17, 15) is 13.6 Å². The van der Waals surface area contributed by atoms with Gasteiger partial charge in [-0.05, 0) is 43.4 Å². The van der Waals surface area contributed by atoms with Crippen molar-refractivity contribution in [3.05, 3.63) is 35.4 Å². The quantitative estimate of drug-likeness (QED) is 0.767. The second kappa shape index (κ2) is 7.82. The Morgan fingerprint density at radius 1 is 1.20 bits per heavy atom. The lowest BCUT2D eigenvalue weighted by atomic mass is 10.1. The fraction of sp³-hybridized carbons (Fsp3) is 0.533. The Balaban J connectivity index is 2.39. The fourth-order valence-electron chi connectivity index (χ4n) is 1.82. The van der Waals surface area contributed by atoms with Gasteiger partial charge in [0.05, 0.1) is 6.04 Å². The van der Waals surface area contributed by atoms with Crippen molar-refractivity contribution >= 4 is 6.03 Å². The van der Waals surface area contributed by atoms with Crippen molar-refractivity contribution in [1.82, 2.24) is 10.6 Å². The molecule has 20 heavy (non-hydrogen) atoms. The van der Waals surface area contributed by atoms with Crippen molar-refractivity contribution in [2.24, 2.45) is 5.92 Å². The Morgan fingerprint density at radius 2 is 1.90 bits per heavy atom. The number of hydrogen-bond acceptors (Lipinski definition) is 1. The summed E-state index contributed by atoms with van der Waals surface area (Å²) in [5.74, 6) is -1.19. The Hall–Kier alpha value is -1.65. The van der Waals surface area contributed by atoms with Crippen LogP contribution in [0.25, 0.3) is 0 Å². The van der Waals surface area contributed by atoms with Crippen LogP contribution < -0.4 is 10.6 Å². The van der Waals surface area contributed by atoms with Gasteiger partial charge in [0.2, 0.25) is 0 Å². The molecular formula is C15H22F2N2O. The van der Waals surface area contributed by atoms with Crippen LogP contribution in [-0.4, -0.2) is 12.6 Å². The molecule has 0 saturated heterocycles. The molecule has 0 bridgehead atoms. The zero-order valence-corrected chi connectivity index (χ0v) is 12.2. The molecule has 0 radical (unpaired) electrons. The third-order valence-corrected chi connectivity index (χ3v) is 3.04. The van der Waals surface area contributed by atoms with E-state index in [0.29, 0.717) is 18.0 Å². The Morgan fingerprint density at radius 3 is 2.50 bits per heavy atom. The van der Waals surface area contributed by atoms with E-state index in [1.807, 2.05) is 0 Å². The molecule has 1 aromatic carbocycles. The van der Waals surface area contributed by atoms with Crippen molar-refractivity contribution in [3.8, 4) is 0 Å². The zero-order valence-electron chi connectivity index (χ0n) is 12.2. The number of nitrogens with one attached hydrogen (secondary N) is 2. The zero-order chi connectivity index (χ0) is 15.1. The van der Waals surface area contributed by atoms with Gasteiger partial charge in [-0.25, -0.2) is 13.6 Å². The molecule has 1 aromatic rings. The molecule has 0 spiro atoms.